The lowest BCUT2D eigenvalue weighted by Gasteiger charge is -2.30. The summed E-state index contributed by atoms with van der Waals surface area (Å²) in [6.45, 7) is 2.02. The second-order valence-electron chi connectivity index (χ2n) is 7.40. The average molecular weight is 400 g/mol. The monoisotopic (exact) mass is 400 g/mol. The molecule has 1 aliphatic heterocycles. The van der Waals surface area contributed by atoms with Crippen molar-refractivity contribution in [3.8, 4) is 0 Å². The Morgan fingerprint density at radius 3 is 2.13 bits per heavy atom. The molecule has 4 rings (SSSR count). The van der Waals surface area contributed by atoms with E-state index in [0.717, 1.165) is 16.8 Å². The highest BCUT2D eigenvalue weighted by atomic mass is 16.6. The number of ether oxygens (including phenoxy) is 1. The molecule has 0 saturated carbocycles. The van der Waals surface area contributed by atoms with E-state index in [2.05, 4.69) is 5.32 Å². The fraction of sp³-hybridized carbons (Fsp3) is 0.200. The van der Waals surface area contributed by atoms with Crippen LogP contribution in [0.3, 0.4) is 0 Å². The second kappa shape index (κ2) is 8.82. The van der Waals surface area contributed by atoms with Crippen molar-refractivity contribution in [2.75, 3.05) is 11.9 Å². The fourth-order valence-electron chi connectivity index (χ4n) is 3.82. The Hall–Kier alpha value is -3.60. The summed E-state index contributed by atoms with van der Waals surface area (Å²) in [5.74, 6) is -0.756. The normalized spacial score (nSPS) is 17.8. The van der Waals surface area contributed by atoms with E-state index >= 15 is 0 Å². The van der Waals surface area contributed by atoms with Crippen LogP contribution in [0, 0.1) is 5.92 Å². The lowest BCUT2D eigenvalue weighted by atomic mass is 9.92. The minimum atomic E-state index is -0.591. The zero-order chi connectivity index (χ0) is 20.9. The Bertz CT molecular complexity index is 993. The van der Waals surface area contributed by atoms with Crippen molar-refractivity contribution in [1.29, 1.82) is 0 Å². The standard InChI is InChI=1S/C25H24N2O3/c1-18(23(20-13-7-3-8-14-20)26-21-15-9-4-10-16-21)24(28)27-22(17-30-25(27)29)19-11-5-2-6-12-19/h2-16,18,22-23,26H,17H2,1H3. The third-order valence-electron chi connectivity index (χ3n) is 5.44. The molecule has 30 heavy (non-hydrogen) atoms. The molecule has 3 unspecified atom stereocenters. The Balaban J connectivity index is 1.64. The molecule has 1 aliphatic rings. The molecule has 2 amide bonds. The van der Waals surface area contributed by atoms with Gasteiger partial charge in [0.15, 0.2) is 0 Å². The average Bonchev–Trinajstić information content (AvgIpc) is 3.19. The van der Waals surface area contributed by atoms with Crippen molar-refractivity contribution in [1.82, 2.24) is 4.90 Å². The molecule has 1 heterocycles. The smallest absolute Gasteiger partial charge is 0.417 e. The molecule has 0 aliphatic carbocycles. The molecule has 1 N–H and O–H groups in total. The zero-order valence-corrected chi connectivity index (χ0v) is 16.8. The van der Waals surface area contributed by atoms with E-state index in [1.54, 1.807) is 0 Å². The number of hydrogen-bond acceptors (Lipinski definition) is 4. The van der Waals surface area contributed by atoms with Crippen LogP contribution < -0.4 is 5.32 Å². The number of carbonyl (C=O) groups excluding carboxylic acids is 2. The van der Waals surface area contributed by atoms with E-state index in [9.17, 15) is 9.59 Å². The van der Waals surface area contributed by atoms with Crippen molar-refractivity contribution >= 4 is 17.7 Å². The molecule has 0 bridgehead atoms. The molecular weight excluding hydrogens is 376 g/mol. The van der Waals surface area contributed by atoms with Gasteiger partial charge in [-0.2, -0.15) is 0 Å². The summed E-state index contributed by atoms with van der Waals surface area (Å²) in [6, 6.07) is 28.4. The predicted octanol–water partition coefficient (Wildman–Crippen LogP) is 5.20. The first kappa shape index (κ1) is 19.7. The van der Waals surface area contributed by atoms with Crippen LogP contribution in [0.5, 0.6) is 0 Å². The number of amides is 2. The van der Waals surface area contributed by atoms with E-state index in [1.807, 2.05) is 97.9 Å². The minimum Gasteiger partial charge on any atom is -0.446 e. The number of para-hydroxylation sites is 1. The van der Waals surface area contributed by atoms with Gasteiger partial charge in [-0.15, -0.1) is 0 Å². The number of nitrogens with zero attached hydrogens (tertiary/aromatic N) is 1. The number of rotatable bonds is 6. The Kier molecular flexibility index (Phi) is 5.80. The Morgan fingerprint density at radius 1 is 0.933 bits per heavy atom. The second-order valence-corrected chi connectivity index (χ2v) is 7.40. The van der Waals surface area contributed by atoms with Gasteiger partial charge < -0.3 is 10.1 Å². The van der Waals surface area contributed by atoms with Gasteiger partial charge in [-0.1, -0.05) is 85.8 Å². The number of cyclic esters (lactones) is 1. The van der Waals surface area contributed by atoms with Crippen LogP contribution in [0.25, 0.3) is 0 Å². The third-order valence-corrected chi connectivity index (χ3v) is 5.44. The van der Waals surface area contributed by atoms with E-state index in [1.165, 1.54) is 4.90 Å². The number of imide groups is 1. The molecule has 3 atom stereocenters. The van der Waals surface area contributed by atoms with Crippen molar-refractivity contribution < 1.29 is 14.3 Å². The lowest BCUT2D eigenvalue weighted by molar-refractivity contribution is -0.133. The van der Waals surface area contributed by atoms with Crippen LogP contribution in [0.4, 0.5) is 10.5 Å². The van der Waals surface area contributed by atoms with Gasteiger partial charge in [0.25, 0.3) is 0 Å². The van der Waals surface area contributed by atoms with E-state index in [-0.39, 0.29) is 18.6 Å². The maximum absolute atomic E-state index is 13.5. The predicted molar refractivity (Wildman–Crippen MR) is 116 cm³/mol. The number of anilines is 1. The topological polar surface area (TPSA) is 58.6 Å². The third kappa shape index (κ3) is 4.06. The molecule has 3 aromatic carbocycles. The summed E-state index contributed by atoms with van der Waals surface area (Å²) in [6.07, 6.45) is -0.591. The Labute approximate surface area is 176 Å². The fourth-order valence-corrected chi connectivity index (χ4v) is 3.82. The molecule has 152 valence electrons. The van der Waals surface area contributed by atoms with Crippen LogP contribution >= 0.6 is 0 Å². The van der Waals surface area contributed by atoms with Gasteiger partial charge in [-0.05, 0) is 23.3 Å². The van der Waals surface area contributed by atoms with Gasteiger partial charge >= 0.3 is 6.09 Å². The van der Waals surface area contributed by atoms with Crippen LogP contribution in [-0.4, -0.2) is 23.5 Å². The summed E-state index contributed by atoms with van der Waals surface area (Å²) >= 11 is 0. The molecule has 5 nitrogen and oxygen atoms in total. The molecule has 0 radical (unpaired) electrons. The summed E-state index contributed by atoms with van der Waals surface area (Å²) in [5, 5.41) is 3.47. The van der Waals surface area contributed by atoms with Gasteiger partial charge in [0.1, 0.15) is 12.6 Å². The number of benzene rings is 3. The van der Waals surface area contributed by atoms with Gasteiger partial charge in [0.2, 0.25) is 5.91 Å². The highest BCUT2D eigenvalue weighted by Crippen LogP contribution is 2.34. The molecule has 1 fully saturated rings. The van der Waals surface area contributed by atoms with E-state index in [0.29, 0.717) is 0 Å². The lowest BCUT2D eigenvalue weighted by Crippen LogP contribution is -2.41. The maximum atomic E-state index is 13.5. The summed E-state index contributed by atoms with van der Waals surface area (Å²) in [4.78, 5) is 27.3. The van der Waals surface area contributed by atoms with E-state index in [4.69, 9.17) is 4.74 Å². The minimum absolute atomic E-state index is 0.170. The first-order valence-electron chi connectivity index (χ1n) is 10.1. The highest BCUT2D eigenvalue weighted by molar-refractivity contribution is 5.95. The molecule has 1 saturated heterocycles. The number of hydrogen-bond donors (Lipinski definition) is 1. The van der Waals surface area contributed by atoms with Crippen LogP contribution in [0.15, 0.2) is 91.0 Å². The van der Waals surface area contributed by atoms with Crippen LogP contribution in [-0.2, 0) is 9.53 Å². The summed E-state index contributed by atoms with van der Waals surface area (Å²) in [5.41, 5.74) is 2.77. The van der Waals surface area contributed by atoms with Crippen LogP contribution in [0.1, 0.15) is 30.1 Å². The highest BCUT2D eigenvalue weighted by Gasteiger charge is 2.42. The van der Waals surface area contributed by atoms with E-state index < -0.39 is 18.1 Å². The molecule has 0 aromatic heterocycles. The van der Waals surface area contributed by atoms with Gasteiger partial charge in [0, 0.05) is 5.69 Å². The zero-order valence-electron chi connectivity index (χ0n) is 16.8. The van der Waals surface area contributed by atoms with Crippen molar-refractivity contribution in [3.63, 3.8) is 0 Å². The summed E-state index contributed by atoms with van der Waals surface area (Å²) in [7, 11) is 0. The van der Waals surface area contributed by atoms with Crippen LogP contribution in [0.2, 0.25) is 0 Å². The molecule has 5 heteroatoms. The number of carbonyl (C=O) groups is 2. The van der Waals surface area contributed by atoms with Crippen molar-refractivity contribution in [3.05, 3.63) is 102 Å². The Morgan fingerprint density at radius 2 is 1.50 bits per heavy atom. The maximum Gasteiger partial charge on any atom is 0.417 e. The first-order valence-corrected chi connectivity index (χ1v) is 10.1. The molecule has 0 spiro atoms. The number of nitrogens with one attached hydrogen (secondary N) is 1. The first-order chi connectivity index (χ1) is 14.6. The van der Waals surface area contributed by atoms with Crippen molar-refractivity contribution in [2.24, 2.45) is 5.92 Å². The summed E-state index contributed by atoms with van der Waals surface area (Å²) < 4.78 is 5.25. The molecular formula is C25H24N2O3. The van der Waals surface area contributed by atoms with Gasteiger partial charge in [0.05, 0.1) is 12.0 Å². The quantitative estimate of drug-likeness (QED) is 0.618. The van der Waals surface area contributed by atoms with Crippen molar-refractivity contribution in [2.45, 2.75) is 19.0 Å². The van der Waals surface area contributed by atoms with Gasteiger partial charge in [-0.25, -0.2) is 9.69 Å². The SMILES string of the molecule is CC(C(=O)N1C(=O)OCC1c1ccccc1)C(Nc1ccccc1)c1ccccc1. The molecule has 3 aromatic rings. The van der Waals surface area contributed by atoms with Gasteiger partial charge in [-0.3, -0.25) is 4.79 Å². The largest absolute Gasteiger partial charge is 0.446 e.